The SMILES string of the molecule is CC1CCC2(CC1)NC(=O)N(NC(=O)Cc1ccc3c(c1)OCCO3)C2=O. The molecule has 0 radical (unpaired) electrons. The average molecular weight is 373 g/mol. The molecular weight excluding hydrogens is 350 g/mol. The number of carbonyl (C=O) groups excluding carboxylic acids is 3. The Bertz CT molecular complexity index is 786. The molecule has 1 saturated carbocycles. The van der Waals surface area contributed by atoms with Gasteiger partial charge in [-0.25, -0.2) is 4.79 Å². The van der Waals surface area contributed by atoms with Crippen molar-refractivity contribution in [1.29, 1.82) is 0 Å². The lowest BCUT2D eigenvalue weighted by Gasteiger charge is -2.33. The molecule has 1 spiro atoms. The van der Waals surface area contributed by atoms with Crippen molar-refractivity contribution in [1.82, 2.24) is 15.8 Å². The molecule has 27 heavy (non-hydrogen) atoms. The fourth-order valence-corrected chi connectivity index (χ4v) is 3.86. The maximum atomic E-state index is 12.8. The molecule has 144 valence electrons. The molecule has 1 saturated heterocycles. The van der Waals surface area contributed by atoms with Gasteiger partial charge < -0.3 is 14.8 Å². The van der Waals surface area contributed by atoms with Gasteiger partial charge in [-0.2, -0.15) is 5.01 Å². The van der Waals surface area contributed by atoms with Crippen molar-refractivity contribution >= 4 is 17.8 Å². The fourth-order valence-electron chi connectivity index (χ4n) is 3.86. The number of nitrogens with zero attached hydrogens (tertiary/aromatic N) is 1. The Kier molecular flexibility index (Phi) is 4.41. The zero-order valence-electron chi connectivity index (χ0n) is 15.2. The molecule has 1 aliphatic carbocycles. The van der Waals surface area contributed by atoms with Crippen LogP contribution in [0.4, 0.5) is 4.79 Å². The number of imide groups is 1. The minimum absolute atomic E-state index is 0.0255. The Balaban J connectivity index is 1.41. The minimum atomic E-state index is -0.867. The summed E-state index contributed by atoms with van der Waals surface area (Å²) in [7, 11) is 0. The summed E-state index contributed by atoms with van der Waals surface area (Å²) in [5.74, 6) is 0.982. The van der Waals surface area contributed by atoms with E-state index >= 15 is 0 Å². The van der Waals surface area contributed by atoms with Crippen LogP contribution in [0.1, 0.15) is 38.2 Å². The summed E-state index contributed by atoms with van der Waals surface area (Å²) >= 11 is 0. The Morgan fingerprint density at radius 3 is 2.67 bits per heavy atom. The van der Waals surface area contributed by atoms with E-state index < -0.39 is 17.5 Å². The van der Waals surface area contributed by atoms with Crippen LogP contribution < -0.4 is 20.2 Å². The molecule has 0 atom stereocenters. The summed E-state index contributed by atoms with van der Waals surface area (Å²) in [5, 5.41) is 3.62. The van der Waals surface area contributed by atoms with E-state index in [-0.39, 0.29) is 12.3 Å². The highest BCUT2D eigenvalue weighted by Crippen LogP contribution is 2.36. The molecule has 2 fully saturated rings. The normalized spacial score (nSPS) is 26.9. The lowest BCUT2D eigenvalue weighted by molar-refractivity contribution is -0.139. The van der Waals surface area contributed by atoms with Gasteiger partial charge in [0.1, 0.15) is 18.8 Å². The van der Waals surface area contributed by atoms with Crippen LogP contribution in [0.25, 0.3) is 0 Å². The van der Waals surface area contributed by atoms with Gasteiger partial charge in [-0.15, -0.1) is 0 Å². The Labute approximate surface area is 157 Å². The van der Waals surface area contributed by atoms with Crippen LogP contribution in [-0.2, 0) is 16.0 Å². The van der Waals surface area contributed by atoms with Gasteiger partial charge >= 0.3 is 6.03 Å². The quantitative estimate of drug-likeness (QED) is 0.784. The zero-order chi connectivity index (χ0) is 19.0. The van der Waals surface area contributed by atoms with Crippen LogP contribution in [-0.4, -0.2) is 41.6 Å². The van der Waals surface area contributed by atoms with E-state index in [2.05, 4.69) is 17.7 Å². The van der Waals surface area contributed by atoms with Crippen molar-refractivity contribution in [3.05, 3.63) is 23.8 Å². The van der Waals surface area contributed by atoms with Crippen molar-refractivity contribution < 1.29 is 23.9 Å². The largest absolute Gasteiger partial charge is 0.486 e. The standard InChI is InChI=1S/C19H23N3O5/c1-12-4-6-19(7-5-12)17(24)22(18(25)20-19)21-16(23)11-13-2-3-14-15(10-13)27-9-8-26-14/h2-3,10,12H,4-9,11H2,1H3,(H,20,25)(H,21,23). The number of benzene rings is 1. The highest BCUT2D eigenvalue weighted by molar-refractivity contribution is 6.08. The first-order valence-electron chi connectivity index (χ1n) is 9.31. The Morgan fingerprint density at radius 2 is 1.93 bits per heavy atom. The molecule has 4 rings (SSSR count). The fraction of sp³-hybridized carbons (Fsp3) is 0.526. The molecule has 8 heteroatoms. The molecule has 1 aromatic rings. The number of fused-ring (bicyclic) bond motifs is 1. The summed E-state index contributed by atoms with van der Waals surface area (Å²) in [4.78, 5) is 37.4. The molecular formula is C19H23N3O5. The third-order valence-corrected chi connectivity index (χ3v) is 5.50. The van der Waals surface area contributed by atoms with E-state index in [9.17, 15) is 14.4 Å². The number of nitrogens with one attached hydrogen (secondary N) is 2. The van der Waals surface area contributed by atoms with Gasteiger partial charge in [0.25, 0.3) is 5.91 Å². The topological polar surface area (TPSA) is 97.0 Å². The van der Waals surface area contributed by atoms with Crippen molar-refractivity contribution in [3.8, 4) is 11.5 Å². The third kappa shape index (κ3) is 3.31. The van der Waals surface area contributed by atoms with Gasteiger partial charge in [0.05, 0.1) is 6.42 Å². The monoisotopic (exact) mass is 373 g/mol. The molecule has 3 aliphatic rings. The number of urea groups is 1. The lowest BCUT2D eigenvalue weighted by atomic mass is 9.77. The molecule has 2 aliphatic heterocycles. The predicted molar refractivity (Wildman–Crippen MR) is 95.0 cm³/mol. The number of carbonyl (C=O) groups is 3. The number of rotatable bonds is 3. The molecule has 1 aromatic carbocycles. The number of amides is 4. The third-order valence-electron chi connectivity index (χ3n) is 5.50. The first kappa shape index (κ1) is 17.6. The van der Waals surface area contributed by atoms with Crippen LogP contribution in [0.3, 0.4) is 0 Å². The highest BCUT2D eigenvalue weighted by Gasteiger charge is 2.52. The number of hydrogen-bond acceptors (Lipinski definition) is 5. The van der Waals surface area contributed by atoms with Crippen LogP contribution in [0, 0.1) is 5.92 Å². The van der Waals surface area contributed by atoms with Crippen LogP contribution in [0.15, 0.2) is 18.2 Å². The second kappa shape index (κ2) is 6.75. The summed E-state index contributed by atoms with van der Waals surface area (Å²) in [6.45, 7) is 3.10. The summed E-state index contributed by atoms with van der Waals surface area (Å²) in [5.41, 5.74) is 2.30. The van der Waals surface area contributed by atoms with Gasteiger partial charge in [-0.05, 0) is 49.3 Å². The van der Waals surface area contributed by atoms with Crippen LogP contribution in [0.5, 0.6) is 11.5 Å². The molecule has 2 N–H and O–H groups in total. The Hall–Kier alpha value is -2.77. The van der Waals surface area contributed by atoms with Crippen LogP contribution in [0.2, 0.25) is 0 Å². The summed E-state index contributed by atoms with van der Waals surface area (Å²) in [6, 6.07) is 4.70. The minimum Gasteiger partial charge on any atom is -0.486 e. The maximum absolute atomic E-state index is 12.8. The number of hydrogen-bond donors (Lipinski definition) is 2. The van der Waals surface area contributed by atoms with E-state index in [1.165, 1.54) is 0 Å². The number of ether oxygens (including phenoxy) is 2. The molecule has 0 aromatic heterocycles. The lowest BCUT2D eigenvalue weighted by Crippen LogP contribution is -2.51. The molecule has 0 unspecified atom stereocenters. The first-order chi connectivity index (χ1) is 13.0. The van der Waals surface area contributed by atoms with E-state index in [0.717, 1.165) is 17.9 Å². The first-order valence-corrected chi connectivity index (χ1v) is 9.31. The van der Waals surface area contributed by atoms with E-state index in [1.54, 1.807) is 18.2 Å². The van der Waals surface area contributed by atoms with Crippen molar-refractivity contribution in [2.24, 2.45) is 5.92 Å². The van der Waals surface area contributed by atoms with Gasteiger partial charge in [0.15, 0.2) is 11.5 Å². The Morgan fingerprint density at radius 1 is 1.22 bits per heavy atom. The van der Waals surface area contributed by atoms with Crippen molar-refractivity contribution in [2.45, 2.75) is 44.6 Å². The van der Waals surface area contributed by atoms with Crippen molar-refractivity contribution in [3.63, 3.8) is 0 Å². The van der Waals surface area contributed by atoms with Crippen LogP contribution >= 0.6 is 0 Å². The molecule has 2 heterocycles. The second-order valence-electron chi connectivity index (χ2n) is 7.53. The van der Waals surface area contributed by atoms with E-state index in [4.69, 9.17) is 9.47 Å². The predicted octanol–water partition coefficient (Wildman–Crippen LogP) is 1.53. The van der Waals surface area contributed by atoms with E-state index in [0.29, 0.717) is 49.0 Å². The molecule has 0 bridgehead atoms. The zero-order valence-corrected chi connectivity index (χ0v) is 15.2. The maximum Gasteiger partial charge on any atom is 0.344 e. The highest BCUT2D eigenvalue weighted by atomic mass is 16.6. The van der Waals surface area contributed by atoms with Gasteiger partial charge in [-0.3, -0.25) is 15.0 Å². The van der Waals surface area contributed by atoms with Gasteiger partial charge in [0, 0.05) is 0 Å². The van der Waals surface area contributed by atoms with E-state index in [1.807, 2.05) is 0 Å². The van der Waals surface area contributed by atoms with Gasteiger partial charge in [0.2, 0.25) is 5.91 Å². The second-order valence-corrected chi connectivity index (χ2v) is 7.53. The van der Waals surface area contributed by atoms with Gasteiger partial charge in [-0.1, -0.05) is 13.0 Å². The summed E-state index contributed by atoms with van der Waals surface area (Å²) in [6.07, 6.45) is 2.99. The van der Waals surface area contributed by atoms with Crippen molar-refractivity contribution in [2.75, 3.05) is 13.2 Å². The summed E-state index contributed by atoms with van der Waals surface area (Å²) < 4.78 is 11.0. The number of hydrazine groups is 1. The molecule has 8 nitrogen and oxygen atoms in total. The smallest absolute Gasteiger partial charge is 0.344 e. The average Bonchev–Trinajstić information content (AvgIpc) is 2.88. The molecule has 4 amide bonds.